The predicted octanol–water partition coefficient (Wildman–Crippen LogP) is 5.39. The van der Waals surface area contributed by atoms with Gasteiger partial charge in [-0.15, -0.1) is 0 Å². The lowest BCUT2D eigenvalue weighted by Crippen LogP contribution is -2.35. The molecule has 39 heavy (non-hydrogen) atoms. The fraction of sp³-hybridized carbons (Fsp3) is 0.355. The normalized spacial score (nSPS) is 18.8. The number of hydrogen-bond donors (Lipinski definition) is 1. The van der Waals surface area contributed by atoms with Gasteiger partial charge in [-0.05, 0) is 69.5 Å². The van der Waals surface area contributed by atoms with Crippen molar-refractivity contribution in [3.05, 3.63) is 77.0 Å². The van der Waals surface area contributed by atoms with Crippen LogP contribution in [0.5, 0.6) is 5.88 Å². The maximum Gasteiger partial charge on any atom is 0.327 e. The quantitative estimate of drug-likeness (QED) is 0.379. The molecule has 4 aromatic rings. The second-order valence-corrected chi connectivity index (χ2v) is 11.1. The Kier molecular flexibility index (Phi) is 6.32. The minimum absolute atomic E-state index is 0.156. The van der Waals surface area contributed by atoms with E-state index in [9.17, 15) is 10.1 Å². The van der Waals surface area contributed by atoms with E-state index in [0.717, 1.165) is 59.1 Å². The van der Waals surface area contributed by atoms with Gasteiger partial charge in [-0.2, -0.15) is 5.26 Å². The minimum atomic E-state index is -0.570. The highest BCUT2D eigenvalue weighted by Crippen LogP contribution is 2.35. The van der Waals surface area contributed by atoms with Gasteiger partial charge < -0.3 is 14.6 Å². The molecule has 0 spiro atoms. The summed E-state index contributed by atoms with van der Waals surface area (Å²) in [6.07, 6.45) is 12.5. The van der Waals surface area contributed by atoms with Gasteiger partial charge in [0.25, 0.3) is 0 Å². The Morgan fingerprint density at radius 2 is 1.90 bits per heavy atom. The van der Waals surface area contributed by atoms with Gasteiger partial charge in [0.1, 0.15) is 6.10 Å². The summed E-state index contributed by atoms with van der Waals surface area (Å²) in [7, 11) is 2.14. The van der Waals surface area contributed by atoms with Gasteiger partial charge in [-0.25, -0.2) is 9.78 Å². The van der Waals surface area contributed by atoms with E-state index in [1.54, 1.807) is 6.20 Å². The molecule has 1 aromatic carbocycles. The highest BCUT2D eigenvalue weighted by molar-refractivity contribution is 6.03. The van der Waals surface area contributed by atoms with Gasteiger partial charge in [0.05, 0.1) is 40.3 Å². The molecule has 198 valence electrons. The first-order valence-corrected chi connectivity index (χ1v) is 13.5. The SMILES string of the molecule is CN1CCC(Oc2ccc(-c3ccc4ncc5[nH]c(=O)n(C6C=CC(C(C)(C)C#N)=CC6)c5c4c3)cn2)CC1. The smallest absolute Gasteiger partial charge is 0.327 e. The third kappa shape index (κ3) is 4.75. The van der Waals surface area contributed by atoms with Crippen LogP contribution in [0.25, 0.3) is 33.1 Å². The molecule has 2 aliphatic rings. The number of imidazole rings is 1. The summed E-state index contributed by atoms with van der Waals surface area (Å²) in [5.41, 5.74) is 4.53. The standard InChI is InChI=1S/C31H32N6O2/c1-31(2,19-32)22-6-8-23(9-7-22)37-29-25-16-20(4-10-26(25)33-18-27(29)35-30(37)38)21-5-11-28(34-17-21)39-24-12-14-36(3)15-13-24/h4-8,10-11,16-18,23-24H,9,12-15H2,1-3H3,(H,35,38). The summed E-state index contributed by atoms with van der Waals surface area (Å²) >= 11 is 0. The zero-order valence-electron chi connectivity index (χ0n) is 22.5. The number of nitrogens with one attached hydrogen (secondary N) is 1. The van der Waals surface area contributed by atoms with Crippen molar-refractivity contribution in [2.24, 2.45) is 5.41 Å². The molecule has 6 rings (SSSR count). The van der Waals surface area contributed by atoms with E-state index in [0.29, 0.717) is 17.8 Å². The van der Waals surface area contributed by atoms with Crippen LogP contribution in [0, 0.1) is 16.7 Å². The molecule has 1 aliphatic carbocycles. The average molecular weight is 521 g/mol. The number of piperidine rings is 1. The second kappa shape index (κ2) is 9.83. The lowest BCUT2D eigenvalue weighted by atomic mass is 9.82. The Morgan fingerprint density at radius 3 is 2.59 bits per heavy atom. The predicted molar refractivity (Wildman–Crippen MR) is 153 cm³/mol. The van der Waals surface area contributed by atoms with Crippen molar-refractivity contribution in [2.75, 3.05) is 20.1 Å². The Labute approximate surface area is 227 Å². The van der Waals surface area contributed by atoms with Gasteiger partial charge >= 0.3 is 5.69 Å². The van der Waals surface area contributed by atoms with Crippen molar-refractivity contribution in [3.63, 3.8) is 0 Å². The molecule has 1 aliphatic heterocycles. The molecule has 8 heteroatoms. The van der Waals surface area contributed by atoms with Crippen LogP contribution >= 0.6 is 0 Å². The molecule has 8 nitrogen and oxygen atoms in total. The number of nitriles is 1. The average Bonchev–Trinajstić information content (AvgIpc) is 3.30. The molecule has 1 atom stereocenters. The van der Waals surface area contributed by atoms with Crippen LogP contribution in [-0.2, 0) is 0 Å². The third-order valence-corrected chi connectivity index (χ3v) is 7.97. The van der Waals surface area contributed by atoms with Crippen molar-refractivity contribution in [2.45, 2.75) is 45.3 Å². The van der Waals surface area contributed by atoms with Gasteiger partial charge in [0.2, 0.25) is 5.88 Å². The fourth-order valence-corrected chi connectivity index (χ4v) is 5.53. The number of fused-ring (bicyclic) bond motifs is 3. The largest absolute Gasteiger partial charge is 0.474 e. The van der Waals surface area contributed by atoms with Crippen LogP contribution in [0.15, 0.2) is 71.3 Å². The summed E-state index contributed by atoms with van der Waals surface area (Å²) in [4.78, 5) is 27.6. The zero-order chi connectivity index (χ0) is 27.1. The zero-order valence-corrected chi connectivity index (χ0v) is 22.5. The minimum Gasteiger partial charge on any atom is -0.474 e. The molecule has 0 amide bonds. The van der Waals surface area contributed by atoms with Crippen LogP contribution in [0.1, 0.15) is 39.2 Å². The number of aromatic amines is 1. The van der Waals surface area contributed by atoms with E-state index in [1.807, 2.05) is 61.0 Å². The maximum atomic E-state index is 13.1. The van der Waals surface area contributed by atoms with E-state index in [2.05, 4.69) is 45.1 Å². The van der Waals surface area contributed by atoms with E-state index < -0.39 is 5.41 Å². The van der Waals surface area contributed by atoms with Gasteiger partial charge in [-0.1, -0.05) is 24.3 Å². The van der Waals surface area contributed by atoms with Crippen molar-refractivity contribution < 1.29 is 4.74 Å². The van der Waals surface area contributed by atoms with Crippen LogP contribution in [0.4, 0.5) is 0 Å². The first-order chi connectivity index (χ1) is 18.8. The summed E-state index contributed by atoms with van der Waals surface area (Å²) in [5.74, 6) is 0.647. The summed E-state index contributed by atoms with van der Waals surface area (Å²) < 4.78 is 7.93. The van der Waals surface area contributed by atoms with Crippen LogP contribution in [0.2, 0.25) is 0 Å². The van der Waals surface area contributed by atoms with Crippen molar-refractivity contribution in [1.29, 1.82) is 5.26 Å². The number of allylic oxidation sites excluding steroid dienone is 4. The summed E-state index contributed by atoms with van der Waals surface area (Å²) in [5, 5.41) is 10.4. The van der Waals surface area contributed by atoms with Gasteiger partial charge in [-0.3, -0.25) is 9.55 Å². The molecule has 3 aromatic heterocycles. The maximum absolute atomic E-state index is 13.1. The molecule has 4 heterocycles. The highest BCUT2D eigenvalue weighted by Gasteiger charge is 2.25. The molecule has 1 saturated heterocycles. The number of hydrogen-bond acceptors (Lipinski definition) is 6. The number of nitrogens with zero attached hydrogens (tertiary/aromatic N) is 5. The van der Waals surface area contributed by atoms with Crippen LogP contribution < -0.4 is 10.4 Å². The molecule has 0 saturated carbocycles. The summed E-state index contributed by atoms with van der Waals surface area (Å²) in [6.45, 7) is 5.89. The van der Waals surface area contributed by atoms with Crippen molar-refractivity contribution in [3.8, 4) is 23.1 Å². The van der Waals surface area contributed by atoms with Crippen LogP contribution in [-0.4, -0.2) is 50.7 Å². The Morgan fingerprint density at radius 1 is 1.10 bits per heavy atom. The first-order valence-electron chi connectivity index (χ1n) is 13.5. The lowest BCUT2D eigenvalue weighted by Gasteiger charge is -2.28. The van der Waals surface area contributed by atoms with Gasteiger partial charge in [0.15, 0.2) is 0 Å². The van der Waals surface area contributed by atoms with E-state index in [4.69, 9.17) is 4.74 Å². The van der Waals surface area contributed by atoms with E-state index >= 15 is 0 Å². The van der Waals surface area contributed by atoms with Crippen molar-refractivity contribution >= 4 is 21.9 Å². The molecule has 0 bridgehead atoms. The Bertz CT molecular complexity index is 1700. The molecule has 1 N–H and O–H groups in total. The topological polar surface area (TPSA) is 99.8 Å². The highest BCUT2D eigenvalue weighted by atomic mass is 16.5. The monoisotopic (exact) mass is 520 g/mol. The number of benzene rings is 1. The van der Waals surface area contributed by atoms with E-state index in [-0.39, 0.29) is 17.8 Å². The van der Waals surface area contributed by atoms with Crippen LogP contribution in [0.3, 0.4) is 0 Å². The second-order valence-electron chi connectivity index (χ2n) is 11.1. The number of H-pyrrole nitrogens is 1. The number of pyridine rings is 2. The number of rotatable bonds is 5. The Hall–Kier alpha value is -4.22. The first kappa shape index (κ1) is 25.1. The molecular formula is C31H32N6O2. The Balaban J connectivity index is 1.33. The van der Waals surface area contributed by atoms with E-state index in [1.165, 1.54) is 0 Å². The summed E-state index contributed by atoms with van der Waals surface area (Å²) in [6, 6.07) is 12.3. The molecule has 0 radical (unpaired) electrons. The fourth-order valence-electron chi connectivity index (χ4n) is 5.53. The number of aromatic nitrogens is 4. The number of likely N-dealkylation sites (tertiary alicyclic amines) is 1. The third-order valence-electron chi connectivity index (χ3n) is 7.97. The van der Waals surface area contributed by atoms with Gasteiger partial charge in [0, 0.05) is 36.3 Å². The lowest BCUT2D eigenvalue weighted by molar-refractivity contribution is 0.110. The number of ether oxygens (including phenoxy) is 1. The van der Waals surface area contributed by atoms with Crippen molar-refractivity contribution in [1.82, 2.24) is 24.4 Å². The molecule has 1 unspecified atom stereocenters. The molecular weight excluding hydrogens is 488 g/mol. The molecule has 1 fully saturated rings.